The van der Waals surface area contributed by atoms with Crippen molar-refractivity contribution in [2.75, 3.05) is 13.1 Å². The summed E-state index contributed by atoms with van der Waals surface area (Å²) in [4.78, 5) is 35.5. The number of phenolic OH excluding ortho intramolecular Hbond substituents is 1. The Hall–Kier alpha value is -3.39. The average molecular weight is 403 g/mol. The van der Waals surface area contributed by atoms with Crippen molar-refractivity contribution in [3.8, 4) is 5.75 Å². The van der Waals surface area contributed by atoms with E-state index in [1.807, 2.05) is 0 Å². The molecule has 0 fully saturated rings. The van der Waals surface area contributed by atoms with Crippen molar-refractivity contribution >= 4 is 35.0 Å². The lowest BCUT2D eigenvalue weighted by Gasteiger charge is -2.08. The number of phenols is 1. The summed E-state index contributed by atoms with van der Waals surface area (Å²) >= 11 is 5.91. The smallest absolute Gasteiger partial charge is 0.259 e. The molecule has 0 atom stereocenters. The van der Waals surface area contributed by atoms with E-state index >= 15 is 0 Å². The van der Waals surface area contributed by atoms with Crippen molar-refractivity contribution in [3.05, 3.63) is 64.7 Å². The summed E-state index contributed by atoms with van der Waals surface area (Å²) in [6.45, 7) is 0.994. The average Bonchev–Trinajstić information content (AvgIpc) is 2.69. The van der Waals surface area contributed by atoms with Crippen LogP contribution < -0.4 is 16.1 Å². The molecule has 0 aliphatic carbocycles. The predicted molar refractivity (Wildman–Crippen MR) is 105 cm³/mol. The molecule has 0 aliphatic rings. The van der Waals surface area contributed by atoms with E-state index in [-0.39, 0.29) is 29.4 Å². The molecule has 0 saturated carbocycles. The topological polar surface area (TPSA) is 120 Å². The van der Waals surface area contributed by atoms with Gasteiger partial charge in [-0.2, -0.15) is 5.10 Å². The van der Waals surface area contributed by atoms with E-state index in [1.165, 1.54) is 12.1 Å². The molecule has 2 rings (SSSR count). The lowest BCUT2D eigenvalue weighted by atomic mass is 10.1. The van der Waals surface area contributed by atoms with Crippen LogP contribution in [0.4, 0.5) is 0 Å². The third-order valence-corrected chi connectivity index (χ3v) is 3.95. The molecule has 3 amide bonds. The molecule has 146 valence electrons. The van der Waals surface area contributed by atoms with E-state index in [2.05, 4.69) is 21.2 Å². The van der Waals surface area contributed by atoms with Crippen LogP contribution in [0.5, 0.6) is 5.75 Å². The zero-order valence-corrected chi connectivity index (χ0v) is 15.8. The molecule has 2 aromatic carbocycles. The van der Waals surface area contributed by atoms with Crippen LogP contribution >= 0.6 is 11.6 Å². The summed E-state index contributed by atoms with van der Waals surface area (Å²) in [6, 6.07) is 13.0. The van der Waals surface area contributed by atoms with Gasteiger partial charge in [0.05, 0.1) is 29.4 Å². The molecule has 0 bridgehead atoms. The number of halogens is 1. The van der Waals surface area contributed by atoms with Gasteiger partial charge < -0.3 is 15.7 Å². The van der Waals surface area contributed by atoms with E-state index < -0.39 is 17.7 Å². The fourth-order valence-electron chi connectivity index (χ4n) is 2.17. The number of hydrogen-bond acceptors (Lipinski definition) is 5. The highest BCUT2D eigenvalue weighted by Crippen LogP contribution is 2.16. The number of nitrogens with one attached hydrogen (secondary N) is 3. The Morgan fingerprint density at radius 1 is 0.929 bits per heavy atom. The molecule has 9 heteroatoms. The lowest BCUT2D eigenvalue weighted by Crippen LogP contribution is -2.41. The van der Waals surface area contributed by atoms with Gasteiger partial charge in [-0.1, -0.05) is 35.9 Å². The van der Waals surface area contributed by atoms with Crippen LogP contribution in [0.1, 0.15) is 22.8 Å². The van der Waals surface area contributed by atoms with Crippen molar-refractivity contribution in [1.82, 2.24) is 16.1 Å². The molecule has 0 radical (unpaired) electrons. The summed E-state index contributed by atoms with van der Waals surface area (Å²) in [6.07, 6.45) is 0. The zero-order chi connectivity index (χ0) is 20.5. The summed E-state index contributed by atoms with van der Waals surface area (Å²) < 4.78 is 0. The minimum absolute atomic E-state index is 0.0422. The van der Waals surface area contributed by atoms with Gasteiger partial charge >= 0.3 is 0 Å². The largest absolute Gasteiger partial charge is 0.507 e. The van der Waals surface area contributed by atoms with E-state index in [1.54, 1.807) is 43.3 Å². The molecular weight excluding hydrogens is 384 g/mol. The summed E-state index contributed by atoms with van der Waals surface area (Å²) in [7, 11) is 0. The van der Waals surface area contributed by atoms with E-state index in [9.17, 15) is 19.5 Å². The van der Waals surface area contributed by atoms with Gasteiger partial charge in [0.1, 0.15) is 5.75 Å². The number of nitrogens with zero attached hydrogens (tertiary/aromatic N) is 1. The maximum Gasteiger partial charge on any atom is 0.259 e. The maximum atomic E-state index is 12.0. The van der Waals surface area contributed by atoms with Gasteiger partial charge in [-0.05, 0) is 31.2 Å². The highest BCUT2D eigenvalue weighted by Gasteiger charge is 2.11. The van der Waals surface area contributed by atoms with Gasteiger partial charge in [0.25, 0.3) is 11.8 Å². The number of benzene rings is 2. The van der Waals surface area contributed by atoms with Gasteiger partial charge in [0, 0.05) is 5.56 Å². The van der Waals surface area contributed by atoms with Crippen LogP contribution in [-0.2, 0) is 9.59 Å². The first-order valence-corrected chi connectivity index (χ1v) is 8.67. The molecule has 0 heterocycles. The number of para-hydroxylation sites is 1. The minimum Gasteiger partial charge on any atom is -0.507 e. The van der Waals surface area contributed by atoms with Crippen LogP contribution in [0, 0.1) is 0 Å². The second-order valence-electron chi connectivity index (χ2n) is 5.69. The standard InChI is InChI=1S/C19H19ClN4O4/c1-12(13-6-3-5-9-16(13)25)23-24-18(27)11-21-17(26)10-22-19(28)14-7-2-4-8-15(14)20/h2-9,25H,10-11H2,1H3,(H,21,26)(H,22,28)(H,24,27). The van der Waals surface area contributed by atoms with Crippen molar-refractivity contribution in [1.29, 1.82) is 0 Å². The van der Waals surface area contributed by atoms with Gasteiger partial charge in [-0.25, -0.2) is 5.43 Å². The molecule has 2 aromatic rings. The molecule has 0 spiro atoms. The Morgan fingerprint density at radius 2 is 1.54 bits per heavy atom. The molecule has 28 heavy (non-hydrogen) atoms. The van der Waals surface area contributed by atoms with Crippen molar-refractivity contribution < 1.29 is 19.5 Å². The fraction of sp³-hybridized carbons (Fsp3) is 0.158. The third-order valence-electron chi connectivity index (χ3n) is 3.62. The molecule has 0 saturated heterocycles. The zero-order valence-electron chi connectivity index (χ0n) is 15.0. The first-order chi connectivity index (χ1) is 13.4. The van der Waals surface area contributed by atoms with E-state index in [4.69, 9.17) is 11.6 Å². The normalized spacial score (nSPS) is 10.9. The van der Waals surface area contributed by atoms with E-state index in [0.29, 0.717) is 11.3 Å². The fourth-order valence-corrected chi connectivity index (χ4v) is 2.39. The van der Waals surface area contributed by atoms with Gasteiger partial charge in [-0.3, -0.25) is 14.4 Å². The molecular formula is C19H19ClN4O4. The van der Waals surface area contributed by atoms with Crippen LogP contribution in [0.15, 0.2) is 53.6 Å². The van der Waals surface area contributed by atoms with Gasteiger partial charge in [-0.15, -0.1) is 0 Å². The SMILES string of the molecule is CC(=NNC(=O)CNC(=O)CNC(=O)c1ccccc1Cl)c1ccccc1O. The number of amides is 3. The highest BCUT2D eigenvalue weighted by atomic mass is 35.5. The number of rotatable bonds is 7. The number of carbonyl (C=O) groups excluding carboxylic acids is 3. The van der Waals surface area contributed by atoms with Gasteiger partial charge in [0.2, 0.25) is 5.91 Å². The number of aromatic hydroxyl groups is 1. The second-order valence-corrected chi connectivity index (χ2v) is 6.10. The van der Waals surface area contributed by atoms with Crippen molar-refractivity contribution in [3.63, 3.8) is 0 Å². The predicted octanol–water partition coefficient (Wildman–Crippen LogP) is 1.43. The second kappa shape index (κ2) is 10.1. The first-order valence-electron chi connectivity index (χ1n) is 8.29. The molecule has 8 nitrogen and oxygen atoms in total. The number of hydrazone groups is 1. The van der Waals surface area contributed by atoms with E-state index in [0.717, 1.165) is 0 Å². The first kappa shape index (κ1) is 20.9. The molecule has 0 aromatic heterocycles. The van der Waals surface area contributed by atoms with Crippen LogP contribution in [-0.4, -0.2) is 41.6 Å². The quantitative estimate of drug-likeness (QED) is 0.413. The summed E-state index contributed by atoms with van der Waals surface area (Å²) in [5, 5.41) is 18.7. The van der Waals surface area contributed by atoms with Gasteiger partial charge in [0.15, 0.2) is 0 Å². The summed E-state index contributed by atoms with van der Waals surface area (Å²) in [5.74, 6) is -1.55. The van der Waals surface area contributed by atoms with Crippen molar-refractivity contribution in [2.45, 2.75) is 6.92 Å². The maximum absolute atomic E-state index is 12.0. The lowest BCUT2D eigenvalue weighted by molar-refractivity contribution is -0.125. The van der Waals surface area contributed by atoms with Crippen LogP contribution in [0.25, 0.3) is 0 Å². The molecule has 4 N–H and O–H groups in total. The Labute approximate surface area is 166 Å². The Kier molecular flexibility index (Phi) is 7.53. The van der Waals surface area contributed by atoms with Crippen molar-refractivity contribution in [2.24, 2.45) is 5.10 Å². The Morgan fingerprint density at radius 3 is 2.21 bits per heavy atom. The number of carbonyl (C=O) groups is 3. The minimum atomic E-state index is -0.555. The summed E-state index contributed by atoms with van der Waals surface area (Å²) in [5.41, 5.74) is 3.42. The molecule has 0 aliphatic heterocycles. The van der Waals surface area contributed by atoms with Crippen LogP contribution in [0.3, 0.4) is 0 Å². The van der Waals surface area contributed by atoms with Crippen LogP contribution in [0.2, 0.25) is 5.02 Å². The highest BCUT2D eigenvalue weighted by molar-refractivity contribution is 6.33. The Balaban J connectivity index is 1.76. The molecule has 0 unspecified atom stereocenters. The monoisotopic (exact) mass is 402 g/mol. The third kappa shape index (κ3) is 6.10. The number of hydrogen-bond donors (Lipinski definition) is 4. The Bertz CT molecular complexity index is 914.